The van der Waals surface area contributed by atoms with Crippen molar-refractivity contribution in [1.82, 2.24) is 0 Å². The summed E-state index contributed by atoms with van der Waals surface area (Å²) in [5, 5.41) is 13.9. The summed E-state index contributed by atoms with van der Waals surface area (Å²) in [5.74, 6) is 0.356. The van der Waals surface area contributed by atoms with Crippen LogP contribution in [0.4, 0.5) is 11.4 Å². The van der Waals surface area contributed by atoms with Crippen molar-refractivity contribution >= 4 is 23.4 Å². The van der Waals surface area contributed by atoms with Gasteiger partial charge in [0, 0.05) is 11.8 Å². The second-order valence-corrected chi connectivity index (χ2v) is 5.21. The molecule has 0 saturated carbocycles. The Hall–Kier alpha value is -3.35. The summed E-state index contributed by atoms with van der Waals surface area (Å²) in [6, 6.07) is 10.1. The number of fused-ring (bicyclic) bond motifs is 1. The zero-order chi connectivity index (χ0) is 17.1. The van der Waals surface area contributed by atoms with Crippen LogP contribution in [0.1, 0.15) is 11.1 Å². The Morgan fingerprint density at radius 1 is 1.25 bits per heavy atom. The highest BCUT2D eigenvalue weighted by Gasteiger charge is 2.22. The van der Waals surface area contributed by atoms with Gasteiger partial charge in [0.15, 0.2) is 11.5 Å². The van der Waals surface area contributed by atoms with Gasteiger partial charge in [-0.15, -0.1) is 0 Å². The van der Waals surface area contributed by atoms with Crippen molar-refractivity contribution in [2.75, 3.05) is 12.1 Å². The maximum atomic E-state index is 12.0. The average Bonchev–Trinajstić information content (AvgIpc) is 2.99. The van der Waals surface area contributed by atoms with Gasteiger partial charge in [0.05, 0.1) is 16.6 Å². The Balaban J connectivity index is 1.81. The normalized spacial score (nSPS) is 12.4. The number of carbonyl (C=O) groups excluding carboxylic acids is 1. The molecule has 0 fully saturated rings. The minimum atomic E-state index is -0.528. The highest BCUT2D eigenvalue weighted by atomic mass is 16.7. The summed E-state index contributed by atoms with van der Waals surface area (Å²) in [6.07, 6.45) is 2.62. The van der Waals surface area contributed by atoms with Crippen LogP contribution in [0.3, 0.4) is 0 Å². The molecular formula is C17H14N2O5. The lowest BCUT2D eigenvalue weighted by molar-refractivity contribution is -0.385. The number of amides is 1. The summed E-state index contributed by atoms with van der Waals surface area (Å²) in [6.45, 7) is 1.94. The predicted molar refractivity (Wildman–Crippen MR) is 88.1 cm³/mol. The van der Waals surface area contributed by atoms with Gasteiger partial charge in [-0.05, 0) is 36.8 Å². The molecule has 0 radical (unpaired) electrons. The van der Waals surface area contributed by atoms with Crippen molar-refractivity contribution in [2.45, 2.75) is 6.92 Å². The van der Waals surface area contributed by atoms with Gasteiger partial charge >= 0.3 is 0 Å². The van der Waals surface area contributed by atoms with Crippen LogP contribution in [0.25, 0.3) is 6.08 Å². The van der Waals surface area contributed by atoms with Crippen molar-refractivity contribution in [1.29, 1.82) is 0 Å². The van der Waals surface area contributed by atoms with E-state index in [1.807, 2.05) is 25.1 Å². The molecule has 24 heavy (non-hydrogen) atoms. The van der Waals surface area contributed by atoms with Crippen LogP contribution in [0, 0.1) is 17.0 Å². The summed E-state index contributed by atoms with van der Waals surface area (Å²) in [5.41, 5.74) is 1.79. The first-order chi connectivity index (χ1) is 11.5. The molecule has 3 rings (SSSR count). The molecule has 7 nitrogen and oxygen atoms in total. The van der Waals surface area contributed by atoms with E-state index in [1.165, 1.54) is 24.3 Å². The van der Waals surface area contributed by atoms with E-state index in [9.17, 15) is 14.9 Å². The lowest BCUT2D eigenvalue weighted by Crippen LogP contribution is -2.07. The first-order valence-electron chi connectivity index (χ1n) is 7.17. The SMILES string of the molecule is Cc1cccc(NC(=O)/C=C/c2cc3c(cc2[N+](=O)[O-])OCO3)c1. The smallest absolute Gasteiger partial charge is 0.280 e. The summed E-state index contributed by atoms with van der Waals surface area (Å²) >= 11 is 0. The monoisotopic (exact) mass is 326 g/mol. The number of nitrogens with one attached hydrogen (secondary N) is 1. The van der Waals surface area contributed by atoms with E-state index in [1.54, 1.807) is 6.07 Å². The van der Waals surface area contributed by atoms with Crippen molar-refractivity contribution in [2.24, 2.45) is 0 Å². The van der Waals surface area contributed by atoms with Gasteiger partial charge in [-0.3, -0.25) is 14.9 Å². The molecule has 0 saturated heterocycles. The van der Waals surface area contributed by atoms with Crippen LogP contribution < -0.4 is 14.8 Å². The zero-order valence-corrected chi connectivity index (χ0v) is 12.8. The third kappa shape index (κ3) is 3.35. The predicted octanol–water partition coefficient (Wildman–Crippen LogP) is 3.28. The van der Waals surface area contributed by atoms with E-state index in [-0.39, 0.29) is 24.0 Å². The Labute approximate surface area is 137 Å². The van der Waals surface area contributed by atoms with Crippen LogP contribution in [0.5, 0.6) is 11.5 Å². The first kappa shape index (κ1) is 15.5. The lowest BCUT2D eigenvalue weighted by Gasteiger charge is -2.03. The number of nitro groups is 1. The molecule has 1 N–H and O–H groups in total. The van der Waals surface area contributed by atoms with Crippen LogP contribution in [-0.2, 0) is 4.79 Å². The number of benzene rings is 2. The highest BCUT2D eigenvalue weighted by molar-refractivity contribution is 6.02. The molecule has 2 aromatic rings. The molecule has 0 aromatic heterocycles. The first-order valence-corrected chi connectivity index (χ1v) is 7.17. The van der Waals surface area contributed by atoms with Gasteiger partial charge in [0.25, 0.3) is 5.69 Å². The molecule has 1 amide bonds. The fraction of sp³-hybridized carbons (Fsp3) is 0.118. The van der Waals surface area contributed by atoms with Crippen LogP contribution in [-0.4, -0.2) is 17.6 Å². The Morgan fingerprint density at radius 3 is 2.71 bits per heavy atom. The Morgan fingerprint density at radius 2 is 2.00 bits per heavy atom. The van der Waals surface area contributed by atoms with Crippen molar-refractivity contribution in [3.63, 3.8) is 0 Å². The summed E-state index contributed by atoms with van der Waals surface area (Å²) < 4.78 is 10.3. The lowest BCUT2D eigenvalue weighted by atomic mass is 10.1. The standard InChI is InChI=1S/C17H14N2O5/c1-11-3-2-4-13(7-11)18-17(20)6-5-12-8-15-16(24-10-23-15)9-14(12)19(21)22/h2-9H,10H2,1H3,(H,18,20)/b6-5+. The van der Waals surface area contributed by atoms with Gasteiger partial charge in [-0.2, -0.15) is 0 Å². The number of aryl methyl sites for hydroxylation is 1. The number of rotatable bonds is 4. The number of anilines is 1. The quantitative estimate of drug-likeness (QED) is 0.529. The van der Waals surface area contributed by atoms with Gasteiger partial charge in [-0.1, -0.05) is 12.1 Å². The molecule has 2 aromatic carbocycles. The summed E-state index contributed by atoms with van der Waals surface area (Å²) in [7, 11) is 0. The van der Waals surface area contributed by atoms with E-state index in [0.29, 0.717) is 17.2 Å². The number of carbonyl (C=O) groups is 1. The average molecular weight is 326 g/mol. The number of nitrogens with zero attached hydrogens (tertiary/aromatic N) is 1. The van der Waals surface area contributed by atoms with Gasteiger partial charge in [0.1, 0.15) is 0 Å². The minimum Gasteiger partial charge on any atom is -0.454 e. The van der Waals surface area contributed by atoms with Crippen LogP contribution >= 0.6 is 0 Å². The molecular weight excluding hydrogens is 312 g/mol. The summed E-state index contributed by atoms with van der Waals surface area (Å²) in [4.78, 5) is 22.6. The second-order valence-electron chi connectivity index (χ2n) is 5.21. The highest BCUT2D eigenvalue weighted by Crippen LogP contribution is 2.38. The largest absolute Gasteiger partial charge is 0.454 e. The molecule has 0 atom stereocenters. The number of nitro benzene ring substituents is 1. The third-order valence-electron chi connectivity index (χ3n) is 3.42. The Bertz CT molecular complexity index is 845. The molecule has 0 spiro atoms. The maximum absolute atomic E-state index is 12.0. The fourth-order valence-electron chi connectivity index (χ4n) is 2.31. The van der Waals surface area contributed by atoms with Crippen molar-refractivity contribution < 1.29 is 19.2 Å². The van der Waals surface area contributed by atoms with Crippen LogP contribution in [0.15, 0.2) is 42.5 Å². The molecule has 7 heteroatoms. The number of hydrogen-bond donors (Lipinski definition) is 1. The molecule has 122 valence electrons. The van der Waals surface area contributed by atoms with E-state index in [4.69, 9.17) is 9.47 Å². The molecule has 0 aliphatic carbocycles. The van der Waals surface area contributed by atoms with E-state index >= 15 is 0 Å². The van der Waals surface area contributed by atoms with E-state index in [2.05, 4.69) is 5.32 Å². The molecule has 1 aliphatic rings. The second kappa shape index (κ2) is 6.41. The molecule has 0 bridgehead atoms. The van der Waals surface area contributed by atoms with Crippen molar-refractivity contribution in [3.8, 4) is 11.5 Å². The minimum absolute atomic E-state index is 0.0213. The van der Waals surface area contributed by atoms with Gasteiger partial charge in [0.2, 0.25) is 12.7 Å². The number of ether oxygens (including phenoxy) is 2. The zero-order valence-electron chi connectivity index (χ0n) is 12.8. The number of hydrogen-bond acceptors (Lipinski definition) is 5. The molecule has 1 heterocycles. The Kier molecular flexibility index (Phi) is 4.15. The maximum Gasteiger partial charge on any atom is 0.280 e. The van der Waals surface area contributed by atoms with Crippen LogP contribution in [0.2, 0.25) is 0 Å². The van der Waals surface area contributed by atoms with Gasteiger partial charge in [-0.25, -0.2) is 0 Å². The van der Waals surface area contributed by atoms with Gasteiger partial charge < -0.3 is 14.8 Å². The van der Waals surface area contributed by atoms with E-state index in [0.717, 1.165) is 5.56 Å². The van der Waals surface area contributed by atoms with E-state index < -0.39 is 4.92 Å². The van der Waals surface area contributed by atoms with Crippen molar-refractivity contribution in [3.05, 3.63) is 63.7 Å². The molecule has 1 aliphatic heterocycles. The topological polar surface area (TPSA) is 90.7 Å². The fourth-order valence-corrected chi connectivity index (χ4v) is 2.31. The third-order valence-corrected chi connectivity index (χ3v) is 3.42. The molecule has 0 unspecified atom stereocenters.